The van der Waals surface area contributed by atoms with Crippen LogP contribution in [0.1, 0.15) is 40.6 Å². The first-order chi connectivity index (χ1) is 15.1. The minimum atomic E-state index is -0.348. The number of hydrogen-bond acceptors (Lipinski definition) is 6. The predicted molar refractivity (Wildman–Crippen MR) is 119 cm³/mol. The summed E-state index contributed by atoms with van der Waals surface area (Å²) in [6.07, 6.45) is 2.08. The summed E-state index contributed by atoms with van der Waals surface area (Å²) in [5.41, 5.74) is 3.40. The lowest BCUT2D eigenvalue weighted by molar-refractivity contribution is 0.0601. The Morgan fingerprint density at radius 3 is 2.68 bits per heavy atom. The molecule has 1 aliphatic rings. The molecular weight excluding hydrogens is 416 g/mol. The van der Waals surface area contributed by atoms with Gasteiger partial charge in [-0.1, -0.05) is 17.7 Å². The van der Waals surface area contributed by atoms with Crippen molar-refractivity contribution in [3.05, 3.63) is 58.6 Å². The second-order valence-corrected chi connectivity index (χ2v) is 8.19. The first-order valence-corrected chi connectivity index (χ1v) is 10.9. The summed E-state index contributed by atoms with van der Waals surface area (Å²) < 4.78 is 12.3. The summed E-state index contributed by atoms with van der Waals surface area (Å²) >= 11 is 6.07. The first kappa shape index (κ1) is 21.7. The van der Waals surface area contributed by atoms with Crippen molar-refractivity contribution in [2.24, 2.45) is 0 Å². The van der Waals surface area contributed by atoms with Gasteiger partial charge in [0.05, 0.1) is 36.9 Å². The zero-order valence-corrected chi connectivity index (χ0v) is 18.6. The molecule has 0 aliphatic carbocycles. The number of methoxy groups -OCH3 is 2. The molecule has 4 rings (SSSR count). The van der Waals surface area contributed by atoms with E-state index < -0.39 is 0 Å². The number of aromatic nitrogens is 3. The number of carbonyl (C=O) groups excluding carboxylic acids is 1. The molecule has 8 heteroatoms. The topological polar surface area (TPSA) is 69.5 Å². The Morgan fingerprint density at radius 1 is 1.16 bits per heavy atom. The molecular formula is C23H27ClN4O3. The SMILES string of the molecule is COCCn1c(CN2CCC(c3cccc(Cl)n3)CC2)nc2ccc(C(=O)OC)cc21. The molecule has 0 spiro atoms. The molecule has 7 nitrogen and oxygen atoms in total. The number of esters is 1. The molecule has 3 heterocycles. The first-order valence-electron chi connectivity index (χ1n) is 10.5. The van der Waals surface area contributed by atoms with Crippen LogP contribution in [0.3, 0.4) is 0 Å². The number of halogens is 1. The van der Waals surface area contributed by atoms with E-state index in [0.29, 0.717) is 29.8 Å². The van der Waals surface area contributed by atoms with E-state index in [1.807, 2.05) is 24.3 Å². The average molecular weight is 443 g/mol. The smallest absolute Gasteiger partial charge is 0.337 e. The Labute approximate surface area is 186 Å². The highest BCUT2D eigenvalue weighted by Gasteiger charge is 2.23. The van der Waals surface area contributed by atoms with Crippen molar-refractivity contribution in [3.8, 4) is 0 Å². The van der Waals surface area contributed by atoms with E-state index in [2.05, 4.69) is 20.5 Å². The fourth-order valence-electron chi connectivity index (χ4n) is 4.21. The second kappa shape index (κ2) is 9.77. The van der Waals surface area contributed by atoms with Crippen LogP contribution in [0.5, 0.6) is 0 Å². The quantitative estimate of drug-likeness (QED) is 0.408. The number of benzene rings is 1. The minimum absolute atomic E-state index is 0.348. The molecule has 0 saturated carbocycles. The Kier molecular flexibility index (Phi) is 6.85. The third-order valence-corrected chi connectivity index (χ3v) is 6.09. The van der Waals surface area contributed by atoms with Gasteiger partial charge in [0.1, 0.15) is 11.0 Å². The van der Waals surface area contributed by atoms with Crippen LogP contribution in [0, 0.1) is 0 Å². The monoisotopic (exact) mass is 442 g/mol. The van der Waals surface area contributed by atoms with E-state index >= 15 is 0 Å². The zero-order chi connectivity index (χ0) is 21.8. The number of piperidine rings is 1. The van der Waals surface area contributed by atoms with Gasteiger partial charge in [-0.3, -0.25) is 4.90 Å². The molecule has 31 heavy (non-hydrogen) atoms. The van der Waals surface area contributed by atoms with Gasteiger partial charge in [0, 0.05) is 25.3 Å². The van der Waals surface area contributed by atoms with E-state index in [-0.39, 0.29) is 5.97 Å². The number of imidazole rings is 1. The van der Waals surface area contributed by atoms with Crippen molar-refractivity contribution in [1.29, 1.82) is 0 Å². The molecule has 0 amide bonds. The lowest BCUT2D eigenvalue weighted by Gasteiger charge is -2.31. The van der Waals surface area contributed by atoms with Crippen molar-refractivity contribution in [2.75, 3.05) is 33.9 Å². The molecule has 0 radical (unpaired) electrons. The third kappa shape index (κ3) is 4.89. The summed E-state index contributed by atoms with van der Waals surface area (Å²) in [7, 11) is 3.08. The van der Waals surface area contributed by atoms with E-state index in [1.165, 1.54) is 7.11 Å². The van der Waals surface area contributed by atoms with E-state index in [4.69, 9.17) is 26.1 Å². The Hall–Kier alpha value is -2.48. The molecule has 1 aliphatic heterocycles. The molecule has 0 unspecified atom stereocenters. The van der Waals surface area contributed by atoms with E-state index in [9.17, 15) is 4.79 Å². The van der Waals surface area contributed by atoms with Gasteiger partial charge >= 0.3 is 5.97 Å². The highest BCUT2D eigenvalue weighted by Crippen LogP contribution is 2.28. The van der Waals surface area contributed by atoms with Crippen molar-refractivity contribution >= 4 is 28.6 Å². The fraction of sp³-hybridized carbons (Fsp3) is 0.435. The van der Waals surface area contributed by atoms with Crippen LogP contribution in [0.4, 0.5) is 0 Å². The Morgan fingerprint density at radius 2 is 1.97 bits per heavy atom. The molecule has 2 aromatic heterocycles. The van der Waals surface area contributed by atoms with E-state index in [1.54, 1.807) is 13.2 Å². The number of hydrogen-bond donors (Lipinski definition) is 0. The van der Waals surface area contributed by atoms with Gasteiger partial charge in [-0.05, 0) is 56.3 Å². The average Bonchev–Trinajstić information content (AvgIpc) is 3.13. The molecule has 3 aromatic rings. The maximum atomic E-state index is 12.0. The van der Waals surface area contributed by atoms with Crippen LogP contribution in [0.25, 0.3) is 11.0 Å². The van der Waals surface area contributed by atoms with E-state index in [0.717, 1.165) is 55.0 Å². The van der Waals surface area contributed by atoms with Crippen molar-refractivity contribution in [1.82, 2.24) is 19.4 Å². The molecule has 164 valence electrons. The number of ether oxygens (including phenoxy) is 2. The summed E-state index contributed by atoms with van der Waals surface area (Å²) in [5.74, 6) is 1.07. The summed E-state index contributed by atoms with van der Waals surface area (Å²) in [6, 6.07) is 11.3. The van der Waals surface area contributed by atoms with Crippen LogP contribution in [-0.2, 0) is 22.6 Å². The lowest BCUT2D eigenvalue weighted by atomic mass is 9.93. The highest BCUT2D eigenvalue weighted by molar-refractivity contribution is 6.29. The largest absolute Gasteiger partial charge is 0.465 e. The normalized spacial score (nSPS) is 15.5. The summed E-state index contributed by atoms with van der Waals surface area (Å²) in [6.45, 7) is 3.94. The molecule has 0 N–H and O–H groups in total. The van der Waals surface area contributed by atoms with Crippen LogP contribution >= 0.6 is 11.6 Å². The van der Waals surface area contributed by atoms with Crippen LogP contribution < -0.4 is 0 Å². The molecule has 0 bridgehead atoms. The van der Waals surface area contributed by atoms with Gasteiger partial charge in [-0.25, -0.2) is 14.8 Å². The molecule has 0 atom stereocenters. The maximum Gasteiger partial charge on any atom is 0.337 e. The molecule has 1 aromatic carbocycles. The molecule has 1 saturated heterocycles. The van der Waals surface area contributed by atoms with Crippen LogP contribution in [0.15, 0.2) is 36.4 Å². The van der Waals surface area contributed by atoms with Crippen molar-refractivity contribution in [2.45, 2.75) is 31.8 Å². The highest BCUT2D eigenvalue weighted by atomic mass is 35.5. The Bertz CT molecular complexity index is 1060. The number of likely N-dealkylation sites (tertiary alicyclic amines) is 1. The number of nitrogens with zero attached hydrogens (tertiary/aromatic N) is 4. The maximum absolute atomic E-state index is 12.0. The Balaban J connectivity index is 1.51. The number of pyridine rings is 1. The standard InChI is InChI=1S/C23H27ClN4O3/c1-30-13-12-28-20-14-17(23(29)31-2)6-7-19(20)26-22(28)15-27-10-8-16(9-11-27)18-4-3-5-21(24)25-18/h3-7,14,16H,8-13,15H2,1-2H3. The van der Waals surface area contributed by atoms with Crippen LogP contribution in [-0.4, -0.2) is 59.3 Å². The van der Waals surface area contributed by atoms with Gasteiger partial charge in [-0.2, -0.15) is 0 Å². The third-order valence-electron chi connectivity index (χ3n) is 5.87. The molecule has 1 fully saturated rings. The number of rotatable bonds is 7. The van der Waals surface area contributed by atoms with Gasteiger partial charge in [0.15, 0.2) is 0 Å². The number of carbonyl (C=O) groups is 1. The minimum Gasteiger partial charge on any atom is -0.465 e. The predicted octanol–water partition coefficient (Wildman–Crippen LogP) is 3.90. The summed E-state index contributed by atoms with van der Waals surface area (Å²) in [5, 5.41) is 0.554. The number of fused-ring (bicyclic) bond motifs is 1. The van der Waals surface area contributed by atoms with Gasteiger partial charge in [-0.15, -0.1) is 0 Å². The zero-order valence-electron chi connectivity index (χ0n) is 17.9. The van der Waals surface area contributed by atoms with Crippen LogP contribution in [0.2, 0.25) is 5.15 Å². The van der Waals surface area contributed by atoms with Crippen molar-refractivity contribution in [3.63, 3.8) is 0 Å². The van der Waals surface area contributed by atoms with Gasteiger partial charge < -0.3 is 14.0 Å². The summed E-state index contributed by atoms with van der Waals surface area (Å²) in [4.78, 5) is 23.7. The van der Waals surface area contributed by atoms with Gasteiger partial charge in [0.25, 0.3) is 0 Å². The van der Waals surface area contributed by atoms with Gasteiger partial charge in [0.2, 0.25) is 0 Å². The second-order valence-electron chi connectivity index (χ2n) is 7.80. The fourth-order valence-corrected chi connectivity index (χ4v) is 4.38. The lowest BCUT2D eigenvalue weighted by Crippen LogP contribution is -2.33. The van der Waals surface area contributed by atoms with Crippen molar-refractivity contribution < 1.29 is 14.3 Å².